The van der Waals surface area contributed by atoms with Crippen LogP contribution in [0.2, 0.25) is 0 Å². The number of Topliss-reactive ketones (excluding diaryl/α,β-unsaturated/α-hetero) is 1. The van der Waals surface area contributed by atoms with Crippen molar-refractivity contribution in [2.75, 3.05) is 11.9 Å². The maximum Gasteiger partial charge on any atom is 0.343 e. The van der Waals surface area contributed by atoms with Crippen LogP contribution in [0.25, 0.3) is 0 Å². The molecule has 0 amide bonds. The number of rotatable bonds is 6. The van der Waals surface area contributed by atoms with E-state index in [0.29, 0.717) is 11.4 Å². The van der Waals surface area contributed by atoms with Crippen LogP contribution >= 0.6 is 0 Å². The summed E-state index contributed by atoms with van der Waals surface area (Å²) < 4.78 is 4.77. The Morgan fingerprint density at radius 3 is 2.68 bits per heavy atom. The van der Waals surface area contributed by atoms with Crippen LogP contribution in [0.1, 0.15) is 19.5 Å². The molecule has 0 bridgehead atoms. The number of esters is 1. The Kier molecular flexibility index (Phi) is 5.69. The van der Waals surface area contributed by atoms with Gasteiger partial charge >= 0.3 is 5.97 Å². The second-order valence-corrected chi connectivity index (χ2v) is 3.68. The largest absolute Gasteiger partial charge is 0.462 e. The van der Waals surface area contributed by atoms with Gasteiger partial charge in [-0.3, -0.25) is 9.78 Å². The van der Waals surface area contributed by atoms with Gasteiger partial charge in [-0.05, 0) is 26.0 Å². The van der Waals surface area contributed by atoms with E-state index in [9.17, 15) is 9.59 Å². The molecule has 0 aliphatic heterocycles. The summed E-state index contributed by atoms with van der Waals surface area (Å²) in [5.41, 5.74) is 1.07. The first-order chi connectivity index (χ1) is 9.08. The van der Waals surface area contributed by atoms with Gasteiger partial charge < -0.3 is 15.2 Å². The fraction of sp³-hybridized carbons (Fsp3) is 0.308. The fourth-order valence-electron chi connectivity index (χ4n) is 1.27. The van der Waals surface area contributed by atoms with E-state index >= 15 is 0 Å². The molecule has 19 heavy (non-hydrogen) atoms. The van der Waals surface area contributed by atoms with Crippen molar-refractivity contribution in [3.05, 3.63) is 35.8 Å². The van der Waals surface area contributed by atoms with Gasteiger partial charge in [0, 0.05) is 6.20 Å². The van der Waals surface area contributed by atoms with Crippen molar-refractivity contribution >= 4 is 17.4 Å². The Balaban J connectivity index is 2.79. The third-order valence-electron chi connectivity index (χ3n) is 2.24. The van der Waals surface area contributed by atoms with Crippen molar-refractivity contribution < 1.29 is 19.4 Å². The monoisotopic (exact) mass is 264 g/mol. The molecule has 102 valence electrons. The van der Waals surface area contributed by atoms with E-state index in [1.54, 1.807) is 19.1 Å². The zero-order valence-corrected chi connectivity index (χ0v) is 10.8. The molecule has 1 heterocycles. The van der Waals surface area contributed by atoms with Gasteiger partial charge in [0.25, 0.3) is 0 Å². The number of aromatic nitrogens is 1. The smallest absolute Gasteiger partial charge is 0.343 e. The van der Waals surface area contributed by atoms with Crippen LogP contribution in [-0.4, -0.2) is 28.4 Å². The van der Waals surface area contributed by atoms with Crippen LogP contribution in [0.3, 0.4) is 0 Å². The number of pyridine rings is 1. The highest BCUT2D eigenvalue weighted by Gasteiger charge is 2.15. The molecular weight excluding hydrogens is 248 g/mol. The second-order valence-electron chi connectivity index (χ2n) is 3.68. The topological polar surface area (TPSA) is 88.5 Å². The number of carbonyl (C=O) groups excluding carboxylic acids is 2. The molecule has 0 aliphatic carbocycles. The van der Waals surface area contributed by atoms with Crippen LogP contribution in [0.5, 0.6) is 0 Å². The lowest BCUT2D eigenvalue weighted by atomic mass is 10.2. The molecule has 1 rings (SSSR count). The molecule has 0 radical (unpaired) electrons. The normalized spacial score (nSPS) is 11.0. The molecule has 0 fully saturated rings. The van der Waals surface area contributed by atoms with Gasteiger partial charge in [0.2, 0.25) is 0 Å². The van der Waals surface area contributed by atoms with Gasteiger partial charge in [0.05, 0.1) is 30.8 Å². The Bertz CT molecular complexity index is 480. The summed E-state index contributed by atoms with van der Waals surface area (Å²) in [6.07, 6.45) is 2.78. The summed E-state index contributed by atoms with van der Waals surface area (Å²) in [5.74, 6) is -1.05. The van der Waals surface area contributed by atoms with Gasteiger partial charge in [-0.1, -0.05) is 0 Å². The minimum absolute atomic E-state index is 0.0620. The summed E-state index contributed by atoms with van der Waals surface area (Å²) in [7, 11) is 0. The molecule has 6 nitrogen and oxygen atoms in total. The number of nitrogens with one attached hydrogen (secondary N) is 1. The Labute approximate surface area is 111 Å². The van der Waals surface area contributed by atoms with E-state index in [-0.39, 0.29) is 24.6 Å². The average Bonchev–Trinajstić information content (AvgIpc) is 2.39. The molecule has 1 aromatic rings. The minimum atomic E-state index is -0.664. The second kappa shape index (κ2) is 7.27. The summed E-state index contributed by atoms with van der Waals surface area (Å²) in [6.45, 7) is 3.02. The Morgan fingerprint density at radius 2 is 2.21 bits per heavy atom. The van der Waals surface area contributed by atoms with Crippen molar-refractivity contribution in [1.29, 1.82) is 0 Å². The number of aliphatic hydroxyl groups excluding tert-OH is 1. The first kappa shape index (κ1) is 14.8. The van der Waals surface area contributed by atoms with Crippen LogP contribution in [0.4, 0.5) is 5.69 Å². The molecule has 0 unspecified atom stereocenters. The van der Waals surface area contributed by atoms with Gasteiger partial charge in [0.15, 0.2) is 5.78 Å². The number of anilines is 1. The highest BCUT2D eigenvalue weighted by atomic mass is 16.5. The van der Waals surface area contributed by atoms with Gasteiger partial charge in [-0.2, -0.15) is 0 Å². The van der Waals surface area contributed by atoms with E-state index in [4.69, 9.17) is 9.84 Å². The number of ether oxygens (including phenoxy) is 1. The van der Waals surface area contributed by atoms with E-state index in [1.165, 1.54) is 19.3 Å². The first-order valence-corrected chi connectivity index (χ1v) is 5.79. The zero-order chi connectivity index (χ0) is 14.3. The summed E-state index contributed by atoms with van der Waals surface area (Å²) in [4.78, 5) is 26.8. The lowest BCUT2D eigenvalue weighted by Crippen LogP contribution is -2.15. The molecule has 0 atom stereocenters. The van der Waals surface area contributed by atoms with Crippen LogP contribution in [0, 0.1) is 0 Å². The highest BCUT2D eigenvalue weighted by molar-refractivity contribution is 6.16. The average molecular weight is 264 g/mol. The van der Waals surface area contributed by atoms with Crippen molar-refractivity contribution in [3.8, 4) is 0 Å². The summed E-state index contributed by atoms with van der Waals surface area (Å²) in [5, 5.41) is 11.6. The standard InChI is InChI=1S/C13H16N2O4/c1-3-19-13(18)12(9(2)17)7-15-10-4-5-11(8-16)14-6-10/h4-7,15-16H,3,8H2,1-2H3. The van der Waals surface area contributed by atoms with Gasteiger partial charge in [-0.25, -0.2) is 4.79 Å². The molecule has 0 saturated carbocycles. The summed E-state index contributed by atoms with van der Waals surface area (Å²) >= 11 is 0. The maximum atomic E-state index is 11.5. The minimum Gasteiger partial charge on any atom is -0.462 e. The van der Waals surface area contributed by atoms with Crippen LogP contribution < -0.4 is 5.32 Å². The molecule has 6 heteroatoms. The van der Waals surface area contributed by atoms with Crippen molar-refractivity contribution in [2.45, 2.75) is 20.5 Å². The van der Waals surface area contributed by atoms with Gasteiger partial charge in [-0.15, -0.1) is 0 Å². The molecule has 0 aromatic carbocycles. The number of hydrogen-bond donors (Lipinski definition) is 2. The first-order valence-electron chi connectivity index (χ1n) is 5.79. The van der Waals surface area contributed by atoms with E-state index < -0.39 is 5.97 Å². The third-order valence-corrected chi connectivity index (χ3v) is 2.24. The molecular formula is C13H16N2O4. The number of carbonyl (C=O) groups is 2. The van der Waals surface area contributed by atoms with Crippen LogP contribution in [0.15, 0.2) is 30.1 Å². The van der Waals surface area contributed by atoms with Crippen LogP contribution in [-0.2, 0) is 20.9 Å². The molecule has 0 aliphatic rings. The molecule has 0 spiro atoms. The number of hydrogen-bond acceptors (Lipinski definition) is 6. The number of ketones is 1. The van der Waals surface area contributed by atoms with Crippen molar-refractivity contribution in [3.63, 3.8) is 0 Å². The quantitative estimate of drug-likeness (QED) is 0.345. The van der Waals surface area contributed by atoms with E-state index in [1.807, 2.05) is 0 Å². The number of aliphatic hydroxyl groups is 1. The highest BCUT2D eigenvalue weighted by Crippen LogP contribution is 2.08. The van der Waals surface area contributed by atoms with Crippen molar-refractivity contribution in [1.82, 2.24) is 4.98 Å². The Morgan fingerprint density at radius 1 is 1.47 bits per heavy atom. The summed E-state index contributed by atoms with van der Waals surface area (Å²) in [6, 6.07) is 3.31. The Hall–Kier alpha value is -2.21. The predicted octanol–water partition coefficient (Wildman–Crippen LogP) is 1.02. The SMILES string of the molecule is CCOC(=O)C(=CNc1ccc(CO)nc1)C(C)=O. The van der Waals surface area contributed by atoms with E-state index in [2.05, 4.69) is 10.3 Å². The lowest BCUT2D eigenvalue weighted by molar-refractivity contribution is -0.139. The van der Waals surface area contributed by atoms with E-state index in [0.717, 1.165) is 0 Å². The fourth-order valence-corrected chi connectivity index (χ4v) is 1.27. The molecule has 1 aromatic heterocycles. The lowest BCUT2D eigenvalue weighted by Gasteiger charge is -2.05. The van der Waals surface area contributed by atoms with Crippen molar-refractivity contribution in [2.24, 2.45) is 0 Å². The predicted molar refractivity (Wildman–Crippen MR) is 69.2 cm³/mol. The maximum absolute atomic E-state index is 11.5. The third kappa shape index (κ3) is 4.51. The molecule has 2 N–H and O–H groups in total. The molecule has 0 saturated heterocycles. The zero-order valence-electron chi connectivity index (χ0n) is 10.8. The number of nitrogens with zero attached hydrogens (tertiary/aromatic N) is 1. The van der Waals surface area contributed by atoms with Gasteiger partial charge in [0.1, 0.15) is 5.57 Å².